The molecule has 0 saturated carbocycles. The minimum Gasteiger partial charge on any atom is -0.357 e. The van der Waals surface area contributed by atoms with Crippen molar-refractivity contribution in [3.8, 4) is 0 Å². The minimum atomic E-state index is -0.254. The van der Waals surface area contributed by atoms with Crippen LogP contribution in [0.2, 0.25) is 0 Å². The SMILES string of the molecule is CCNC(=NCc1ccc(CN2CCCC2=O)cc1)NCC(=O)NC(C)(C)C.I. The topological polar surface area (TPSA) is 85.8 Å². The summed E-state index contributed by atoms with van der Waals surface area (Å²) in [4.78, 5) is 30.1. The van der Waals surface area contributed by atoms with Gasteiger partial charge in [-0.2, -0.15) is 0 Å². The summed E-state index contributed by atoms with van der Waals surface area (Å²) in [5, 5.41) is 9.13. The molecule has 1 aromatic rings. The van der Waals surface area contributed by atoms with E-state index < -0.39 is 0 Å². The number of guanidine groups is 1. The van der Waals surface area contributed by atoms with E-state index in [0.29, 0.717) is 25.5 Å². The van der Waals surface area contributed by atoms with Crippen LogP contribution >= 0.6 is 24.0 Å². The Bertz CT molecular complexity index is 698. The average molecular weight is 515 g/mol. The van der Waals surface area contributed by atoms with Crippen molar-refractivity contribution in [1.82, 2.24) is 20.9 Å². The lowest BCUT2D eigenvalue weighted by Crippen LogP contribution is -2.48. The molecule has 2 amide bonds. The summed E-state index contributed by atoms with van der Waals surface area (Å²) in [6, 6.07) is 8.17. The van der Waals surface area contributed by atoms with Gasteiger partial charge in [-0.3, -0.25) is 9.59 Å². The highest BCUT2D eigenvalue weighted by Crippen LogP contribution is 2.15. The molecule has 1 aliphatic rings. The van der Waals surface area contributed by atoms with Crippen molar-refractivity contribution in [3.63, 3.8) is 0 Å². The number of likely N-dealkylation sites (tertiary alicyclic amines) is 1. The van der Waals surface area contributed by atoms with Crippen LogP contribution in [0.4, 0.5) is 0 Å². The van der Waals surface area contributed by atoms with Crippen LogP contribution in [0.5, 0.6) is 0 Å². The number of nitrogens with zero attached hydrogens (tertiary/aromatic N) is 2. The van der Waals surface area contributed by atoms with Crippen molar-refractivity contribution in [3.05, 3.63) is 35.4 Å². The monoisotopic (exact) mass is 515 g/mol. The van der Waals surface area contributed by atoms with Crippen LogP contribution in [0, 0.1) is 0 Å². The quantitative estimate of drug-likeness (QED) is 0.296. The molecular formula is C21H34IN5O2. The molecule has 162 valence electrons. The van der Waals surface area contributed by atoms with Crippen LogP contribution in [-0.4, -0.2) is 47.8 Å². The van der Waals surface area contributed by atoms with Crippen molar-refractivity contribution in [1.29, 1.82) is 0 Å². The Kier molecular flexibility index (Phi) is 10.4. The number of rotatable bonds is 7. The molecule has 1 saturated heterocycles. The molecule has 3 N–H and O–H groups in total. The molecule has 8 heteroatoms. The van der Waals surface area contributed by atoms with E-state index in [1.165, 1.54) is 0 Å². The fourth-order valence-corrected chi connectivity index (χ4v) is 2.98. The van der Waals surface area contributed by atoms with Crippen molar-refractivity contribution >= 4 is 41.8 Å². The van der Waals surface area contributed by atoms with Gasteiger partial charge < -0.3 is 20.9 Å². The average Bonchev–Trinajstić information content (AvgIpc) is 3.02. The van der Waals surface area contributed by atoms with E-state index in [9.17, 15) is 9.59 Å². The molecule has 0 unspecified atom stereocenters. The standard InChI is InChI=1S/C21H33N5O2.HI/c1-5-22-20(24-14-18(27)25-21(2,3)4)23-13-16-8-10-17(11-9-16)15-26-12-6-7-19(26)28;/h8-11H,5-7,12-15H2,1-4H3,(H,25,27)(H2,22,23,24);1H. The molecule has 0 aliphatic carbocycles. The molecule has 1 heterocycles. The third kappa shape index (κ3) is 9.47. The van der Waals surface area contributed by atoms with Crippen LogP contribution in [0.1, 0.15) is 51.7 Å². The highest BCUT2D eigenvalue weighted by molar-refractivity contribution is 14.0. The predicted molar refractivity (Wildman–Crippen MR) is 127 cm³/mol. The maximum Gasteiger partial charge on any atom is 0.239 e. The van der Waals surface area contributed by atoms with Crippen LogP contribution in [0.25, 0.3) is 0 Å². The van der Waals surface area contributed by atoms with Crippen molar-refractivity contribution < 1.29 is 9.59 Å². The Morgan fingerprint density at radius 2 is 1.79 bits per heavy atom. The largest absolute Gasteiger partial charge is 0.357 e. The zero-order chi connectivity index (χ0) is 20.6. The maximum absolute atomic E-state index is 12.0. The normalized spacial score (nSPS) is 14.4. The molecule has 0 spiro atoms. The van der Waals surface area contributed by atoms with Gasteiger partial charge in [0.2, 0.25) is 11.8 Å². The van der Waals surface area contributed by atoms with Crippen LogP contribution in [0.3, 0.4) is 0 Å². The third-order valence-corrected chi connectivity index (χ3v) is 4.26. The van der Waals surface area contributed by atoms with E-state index in [1.54, 1.807) is 0 Å². The summed E-state index contributed by atoms with van der Waals surface area (Å²) in [5.41, 5.74) is 1.95. The lowest BCUT2D eigenvalue weighted by Gasteiger charge is -2.21. The molecule has 1 fully saturated rings. The lowest BCUT2D eigenvalue weighted by atomic mass is 10.1. The molecule has 0 atom stereocenters. The Morgan fingerprint density at radius 3 is 2.34 bits per heavy atom. The van der Waals surface area contributed by atoms with Crippen molar-refractivity contribution in [2.75, 3.05) is 19.6 Å². The van der Waals surface area contributed by atoms with Crippen LogP contribution in [0.15, 0.2) is 29.3 Å². The predicted octanol–water partition coefficient (Wildman–Crippen LogP) is 2.40. The van der Waals surface area contributed by atoms with Gasteiger partial charge in [0.15, 0.2) is 5.96 Å². The second kappa shape index (κ2) is 12.0. The Morgan fingerprint density at radius 1 is 1.14 bits per heavy atom. The zero-order valence-electron chi connectivity index (χ0n) is 17.9. The summed E-state index contributed by atoms with van der Waals surface area (Å²) < 4.78 is 0. The summed E-state index contributed by atoms with van der Waals surface area (Å²) in [5.74, 6) is 0.780. The first kappa shape index (κ1) is 25.2. The van der Waals surface area contributed by atoms with Gasteiger partial charge in [0.1, 0.15) is 0 Å². The van der Waals surface area contributed by atoms with Crippen LogP contribution < -0.4 is 16.0 Å². The number of hydrogen-bond donors (Lipinski definition) is 3. The van der Waals surface area contributed by atoms with E-state index in [0.717, 1.165) is 30.6 Å². The molecular weight excluding hydrogens is 481 g/mol. The number of carbonyl (C=O) groups excluding carboxylic acids is 2. The van der Waals surface area contributed by atoms with Gasteiger partial charge >= 0.3 is 0 Å². The first-order valence-electron chi connectivity index (χ1n) is 9.95. The molecule has 1 aromatic carbocycles. The first-order valence-corrected chi connectivity index (χ1v) is 9.95. The summed E-state index contributed by atoms with van der Waals surface area (Å²) >= 11 is 0. The van der Waals surface area contributed by atoms with Gasteiger partial charge in [0, 0.05) is 31.6 Å². The van der Waals surface area contributed by atoms with Crippen molar-refractivity contribution in [2.45, 2.75) is 59.2 Å². The highest BCUT2D eigenvalue weighted by atomic mass is 127. The number of hydrogen-bond acceptors (Lipinski definition) is 3. The Balaban J connectivity index is 0.00000420. The van der Waals surface area contributed by atoms with E-state index in [4.69, 9.17) is 0 Å². The molecule has 2 rings (SSSR count). The molecule has 0 aromatic heterocycles. The summed E-state index contributed by atoms with van der Waals surface area (Å²) in [6.45, 7) is 10.8. The summed E-state index contributed by atoms with van der Waals surface area (Å²) in [7, 11) is 0. The molecule has 7 nitrogen and oxygen atoms in total. The Hall–Kier alpha value is -1.84. The van der Waals surface area contributed by atoms with E-state index in [2.05, 4.69) is 20.9 Å². The molecule has 0 radical (unpaired) electrons. The number of carbonyl (C=O) groups is 2. The number of nitrogens with one attached hydrogen (secondary N) is 3. The highest BCUT2D eigenvalue weighted by Gasteiger charge is 2.19. The molecule has 1 aliphatic heterocycles. The molecule has 29 heavy (non-hydrogen) atoms. The van der Waals surface area contributed by atoms with Gasteiger partial charge in [-0.1, -0.05) is 24.3 Å². The number of halogens is 1. The van der Waals surface area contributed by atoms with Gasteiger partial charge in [-0.25, -0.2) is 4.99 Å². The minimum absolute atomic E-state index is 0. The first-order chi connectivity index (χ1) is 13.3. The fraction of sp³-hybridized carbons (Fsp3) is 0.571. The van der Waals surface area contributed by atoms with E-state index in [1.807, 2.05) is 56.9 Å². The molecule has 0 bridgehead atoms. The maximum atomic E-state index is 12.0. The number of amides is 2. The smallest absolute Gasteiger partial charge is 0.239 e. The number of aliphatic imine (C=N–C) groups is 1. The van der Waals surface area contributed by atoms with Gasteiger partial charge in [-0.05, 0) is 45.2 Å². The second-order valence-corrected chi connectivity index (χ2v) is 8.08. The summed E-state index contributed by atoms with van der Waals surface area (Å²) in [6.07, 6.45) is 1.63. The second-order valence-electron chi connectivity index (χ2n) is 8.08. The lowest BCUT2D eigenvalue weighted by molar-refractivity contribution is -0.128. The van der Waals surface area contributed by atoms with Crippen LogP contribution in [-0.2, 0) is 22.7 Å². The Labute approximate surface area is 191 Å². The number of benzene rings is 1. The van der Waals surface area contributed by atoms with Gasteiger partial charge in [-0.15, -0.1) is 24.0 Å². The van der Waals surface area contributed by atoms with Gasteiger partial charge in [0.05, 0.1) is 13.1 Å². The third-order valence-electron chi connectivity index (χ3n) is 4.26. The van der Waals surface area contributed by atoms with Gasteiger partial charge in [0.25, 0.3) is 0 Å². The fourth-order valence-electron chi connectivity index (χ4n) is 2.98. The van der Waals surface area contributed by atoms with E-state index in [-0.39, 0.29) is 47.9 Å². The van der Waals surface area contributed by atoms with E-state index >= 15 is 0 Å². The zero-order valence-corrected chi connectivity index (χ0v) is 20.2. The van der Waals surface area contributed by atoms with Crippen molar-refractivity contribution in [2.24, 2.45) is 4.99 Å².